The van der Waals surface area contributed by atoms with Crippen molar-refractivity contribution in [3.63, 3.8) is 0 Å². The molecule has 0 aliphatic carbocycles. The van der Waals surface area contributed by atoms with Crippen LogP contribution in [0.15, 0.2) is 23.1 Å². The van der Waals surface area contributed by atoms with E-state index in [2.05, 4.69) is 0 Å². The van der Waals surface area contributed by atoms with Crippen molar-refractivity contribution in [2.24, 2.45) is 0 Å². The average molecular weight is 293 g/mol. The monoisotopic (exact) mass is 293 g/mol. The molecular formula is C11H13F2NO4S. The Labute approximate surface area is 109 Å². The van der Waals surface area contributed by atoms with Gasteiger partial charge in [-0.1, -0.05) is 0 Å². The molecule has 0 radical (unpaired) electrons. The lowest BCUT2D eigenvalue weighted by atomic mass is 10.1. The van der Waals surface area contributed by atoms with Crippen molar-refractivity contribution in [1.82, 2.24) is 4.31 Å². The normalized spacial score (nSPS) is 12.7. The topological polar surface area (TPSA) is 74.7 Å². The van der Waals surface area contributed by atoms with E-state index in [1.807, 2.05) is 0 Å². The molecular weight excluding hydrogens is 280 g/mol. The minimum absolute atomic E-state index is 0.529. The first-order valence-electron chi connectivity index (χ1n) is 5.18. The molecule has 1 rings (SSSR count). The second-order valence-electron chi connectivity index (χ2n) is 4.44. The highest BCUT2D eigenvalue weighted by Crippen LogP contribution is 2.24. The van der Waals surface area contributed by atoms with Crippen molar-refractivity contribution in [3.05, 3.63) is 29.8 Å². The molecule has 0 heterocycles. The highest BCUT2D eigenvalue weighted by Gasteiger charge is 2.40. The van der Waals surface area contributed by atoms with Crippen LogP contribution in [0.2, 0.25) is 0 Å². The highest BCUT2D eigenvalue weighted by molar-refractivity contribution is 7.89. The first-order valence-corrected chi connectivity index (χ1v) is 6.62. The van der Waals surface area contributed by atoms with E-state index < -0.39 is 38.1 Å². The predicted molar refractivity (Wildman–Crippen MR) is 63.0 cm³/mol. The maximum Gasteiger partial charge on any atom is 0.324 e. The first kappa shape index (κ1) is 15.5. The van der Waals surface area contributed by atoms with Gasteiger partial charge in [0.05, 0.1) is 4.90 Å². The van der Waals surface area contributed by atoms with Gasteiger partial charge in [-0.15, -0.1) is 0 Å². The zero-order chi connectivity index (χ0) is 15.0. The summed E-state index contributed by atoms with van der Waals surface area (Å²) in [6, 6.07) is 1.79. The average Bonchev–Trinajstić information content (AvgIpc) is 2.26. The molecule has 0 saturated heterocycles. The van der Waals surface area contributed by atoms with Gasteiger partial charge in [0, 0.05) is 13.1 Å². The fourth-order valence-electron chi connectivity index (χ4n) is 1.27. The second kappa shape index (κ2) is 4.86. The van der Waals surface area contributed by atoms with Gasteiger partial charge in [-0.3, -0.25) is 4.79 Å². The molecule has 0 aliphatic heterocycles. The van der Waals surface area contributed by atoms with Gasteiger partial charge in [0.25, 0.3) is 0 Å². The lowest BCUT2D eigenvalue weighted by molar-refractivity contribution is -0.145. The molecule has 0 fully saturated rings. The number of halogens is 2. The highest BCUT2D eigenvalue weighted by atomic mass is 32.2. The standard InChI is InChI=1S/C11H13F2NO4S/c1-11(2,10(15)16)14(3)19(17,18)9-5-7(12)4-8(13)6-9/h4-6H,1-3H3,(H,15,16). The Kier molecular flexibility index (Phi) is 3.97. The summed E-state index contributed by atoms with van der Waals surface area (Å²) in [7, 11) is -3.28. The van der Waals surface area contributed by atoms with E-state index in [-0.39, 0.29) is 0 Å². The summed E-state index contributed by atoms with van der Waals surface area (Å²) in [4.78, 5) is 10.4. The maximum absolute atomic E-state index is 13.0. The minimum atomic E-state index is -4.31. The number of carbonyl (C=O) groups is 1. The van der Waals surface area contributed by atoms with E-state index in [0.29, 0.717) is 22.5 Å². The predicted octanol–water partition coefficient (Wildman–Crippen LogP) is 1.45. The molecule has 19 heavy (non-hydrogen) atoms. The third-order valence-corrected chi connectivity index (χ3v) is 4.81. The van der Waals surface area contributed by atoms with E-state index in [0.717, 1.165) is 7.05 Å². The van der Waals surface area contributed by atoms with Crippen LogP contribution in [0.3, 0.4) is 0 Å². The van der Waals surface area contributed by atoms with E-state index in [9.17, 15) is 22.0 Å². The molecule has 5 nitrogen and oxygen atoms in total. The van der Waals surface area contributed by atoms with Crippen LogP contribution < -0.4 is 0 Å². The van der Waals surface area contributed by atoms with Crippen LogP contribution in [0.5, 0.6) is 0 Å². The number of sulfonamides is 1. The van der Waals surface area contributed by atoms with Crippen molar-refractivity contribution >= 4 is 16.0 Å². The Bertz CT molecular complexity index is 593. The Morgan fingerprint density at radius 2 is 1.63 bits per heavy atom. The summed E-state index contributed by atoms with van der Waals surface area (Å²) < 4.78 is 50.9. The zero-order valence-corrected chi connectivity index (χ0v) is 11.3. The maximum atomic E-state index is 13.0. The lowest BCUT2D eigenvalue weighted by Gasteiger charge is -2.30. The quantitative estimate of drug-likeness (QED) is 0.911. The van der Waals surface area contributed by atoms with Gasteiger partial charge in [0.2, 0.25) is 10.0 Å². The zero-order valence-electron chi connectivity index (χ0n) is 10.5. The van der Waals surface area contributed by atoms with Gasteiger partial charge >= 0.3 is 5.97 Å². The number of rotatable bonds is 4. The van der Waals surface area contributed by atoms with Crippen molar-refractivity contribution in [1.29, 1.82) is 0 Å². The third kappa shape index (κ3) is 2.90. The van der Waals surface area contributed by atoms with Gasteiger partial charge < -0.3 is 5.11 Å². The Morgan fingerprint density at radius 1 is 1.21 bits per heavy atom. The van der Waals surface area contributed by atoms with Gasteiger partial charge in [-0.05, 0) is 26.0 Å². The molecule has 0 amide bonds. The molecule has 1 aromatic carbocycles. The van der Waals surface area contributed by atoms with E-state index in [1.165, 1.54) is 13.8 Å². The van der Waals surface area contributed by atoms with Crippen molar-refractivity contribution in [3.8, 4) is 0 Å². The number of hydrogen-bond acceptors (Lipinski definition) is 3. The summed E-state index contributed by atoms with van der Waals surface area (Å²) in [5, 5.41) is 8.98. The largest absolute Gasteiger partial charge is 0.480 e. The molecule has 0 aliphatic rings. The van der Waals surface area contributed by atoms with E-state index >= 15 is 0 Å². The van der Waals surface area contributed by atoms with Gasteiger partial charge in [0.15, 0.2) is 0 Å². The molecule has 1 N–H and O–H groups in total. The number of carboxylic acids is 1. The number of hydrogen-bond donors (Lipinski definition) is 1. The van der Waals surface area contributed by atoms with Crippen molar-refractivity contribution in [2.75, 3.05) is 7.05 Å². The SMILES string of the molecule is CN(C(C)(C)C(=O)O)S(=O)(=O)c1cc(F)cc(F)c1. The van der Waals surface area contributed by atoms with Crippen molar-refractivity contribution in [2.45, 2.75) is 24.3 Å². The third-order valence-electron chi connectivity index (χ3n) is 2.81. The van der Waals surface area contributed by atoms with Crippen LogP contribution in [0, 0.1) is 11.6 Å². The number of benzene rings is 1. The number of aliphatic carboxylic acids is 1. The first-order chi connectivity index (χ1) is 8.49. The molecule has 0 bridgehead atoms. The Morgan fingerprint density at radius 3 is 2.00 bits per heavy atom. The Balaban J connectivity index is 3.36. The fourth-order valence-corrected chi connectivity index (χ4v) is 2.79. The molecule has 0 spiro atoms. The number of nitrogens with zero attached hydrogens (tertiary/aromatic N) is 1. The molecule has 0 unspecified atom stereocenters. The summed E-state index contributed by atoms with van der Waals surface area (Å²) in [6.45, 7) is 2.34. The van der Waals surface area contributed by atoms with E-state index in [4.69, 9.17) is 5.11 Å². The second-order valence-corrected chi connectivity index (χ2v) is 6.41. The van der Waals surface area contributed by atoms with Crippen LogP contribution in [-0.2, 0) is 14.8 Å². The van der Waals surface area contributed by atoms with Crippen LogP contribution in [-0.4, -0.2) is 36.4 Å². The van der Waals surface area contributed by atoms with Crippen LogP contribution in [0.25, 0.3) is 0 Å². The summed E-state index contributed by atoms with van der Waals surface area (Å²) in [5.74, 6) is -3.49. The smallest absolute Gasteiger partial charge is 0.324 e. The van der Waals surface area contributed by atoms with Crippen LogP contribution >= 0.6 is 0 Å². The van der Waals surface area contributed by atoms with Crippen LogP contribution in [0.4, 0.5) is 8.78 Å². The summed E-state index contributed by atoms with van der Waals surface area (Å²) >= 11 is 0. The van der Waals surface area contributed by atoms with Crippen LogP contribution in [0.1, 0.15) is 13.8 Å². The van der Waals surface area contributed by atoms with Gasteiger partial charge in [-0.25, -0.2) is 17.2 Å². The number of likely N-dealkylation sites (N-methyl/N-ethyl adjacent to an activating group) is 1. The molecule has 0 aromatic heterocycles. The summed E-state index contributed by atoms with van der Waals surface area (Å²) in [6.07, 6.45) is 0. The molecule has 1 aromatic rings. The minimum Gasteiger partial charge on any atom is -0.480 e. The molecule has 0 atom stereocenters. The lowest BCUT2D eigenvalue weighted by Crippen LogP contribution is -2.50. The van der Waals surface area contributed by atoms with E-state index in [1.54, 1.807) is 0 Å². The van der Waals surface area contributed by atoms with Crippen molar-refractivity contribution < 1.29 is 27.1 Å². The van der Waals surface area contributed by atoms with Gasteiger partial charge in [-0.2, -0.15) is 4.31 Å². The Hall–Kier alpha value is -1.54. The summed E-state index contributed by atoms with van der Waals surface area (Å²) in [5.41, 5.74) is -1.75. The number of carboxylic acid groups (broad SMARTS) is 1. The van der Waals surface area contributed by atoms with Gasteiger partial charge in [0.1, 0.15) is 17.2 Å². The molecule has 0 saturated carbocycles. The molecule has 106 valence electrons. The molecule has 8 heteroatoms. The fraction of sp³-hybridized carbons (Fsp3) is 0.364.